The molecule has 59 heavy (non-hydrogen) atoms. The summed E-state index contributed by atoms with van der Waals surface area (Å²) in [5.41, 5.74) is 0. The molecule has 0 aliphatic rings. The second kappa shape index (κ2) is 24.5. The molecular formula is C37H55N3O16S3. The van der Waals surface area contributed by atoms with Crippen molar-refractivity contribution in [1.82, 2.24) is 14.2 Å². The lowest BCUT2D eigenvalue weighted by atomic mass is 9.94. The molecule has 4 aromatic rings. The third-order valence-electron chi connectivity index (χ3n) is 8.66. The molecule has 0 spiro atoms. The van der Waals surface area contributed by atoms with Crippen LogP contribution in [0.3, 0.4) is 0 Å². The number of phenols is 1. The summed E-state index contributed by atoms with van der Waals surface area (Å²) >= 11 is 0. The Balaban J connectivity index is 1.67. The van der Waals surface area contributed by atoms with Gasteiger partial charge in [0.1, 0.15) is 5.75 Å². The maximum atomic E-state index is 14.0. The highest BCUT2D eigenvalue weighted by atomic mass is 32.2. The summed E-state index contributed by atoms with van der Waals surface area (Å²) in [7, 11) is -8.50. The van der Waals surface area contributed by atoms with Crippen LogP contribution in [-0.4, -0.2) is 170 Å². The minimum Gasteiger partial charge on any atom is -0.507 e. The molecule has 0 aliphatic carbocycles. The van der Waals surface area contributed by atoms with Gasteiger partial charge in [0.25, 0.3) is 0 Å². The van der Waals surface area contributed by atoms with Crippen LogP contribution in [0.25, 0.3) is 32.3 Å². The zero-order valence-electron chi connectivity index (χ0n) is 33.5. The molecule has 19 nitrogen and oxygen atoms in total. The molecule has 0 aromatic heterocycles. The number of nitrogens with one attached hydrogen (secondary N) is 3. The number of aromatic hydroxyl groups is 1. The Kier molecular flexibility index (Phi) is 20.3. The monoisotopic (exact) mass is 893 g/mol. The first-order valence-corrected chi connectivity index (χ1v) is 23.2. The van der Waals surface area contributed by atoms with E-state index < -0.39 is 35.8 Å². The van der Waals surface area contributed by atoms with Crippen LogP contribution in [0.2, 0.25) is 0 Å². The van der Waals surface area contributed by atoms with Crippen LogP contribution in [0.15, 0.2) is 51.1 Å². The van der Waals surface area contributed by atoms with E-state index in [1.165, 1.54) is 24.3 Å². The molecule has 0 fully saturated rings. The molecule has 332 valence electrons. The standard InChI is InChI=1S/C37H55N3O16S3/c1-48-14-17-54-23-20-51-11-8-38-57(42,43)33-26-32(41)28-4-5-30-34(58(44,45)39-9-12-52-21-24-55-18-15-49-2)27-35(31-7-6-29(33)36(28)37(30)31)59(46,47)40-10-13-53-22-25-56-19-16-50-3/h4-7,26-27,38-41H,8-25H2,1-3H3. The summed E-state index contributed by atoms with van der Waals surface area (Å²) in [6.45, 7) is 3.42. The van der Waals surface area contributed by atoms with Crippen molar-refractivity contribution >= 4 is 62.4 Å². The van der Waals surface area contributed by atoms with Gasteiger partial charge in [-0.3, -0.25) is 0 Å². The summed E-state index contributed by atoms with van der Waals surface area (Å²) in [6, 6.07) is 7.91. The molecule has 4 aromatic carbocycles. The van der Waals surface area contributed by atoms with Crippen LogP contribution in [0.1, 0.15) is 0 Å². The predicted octanol–water partition coefficient (Wildman–Crippen LogP) is 1.16. The van der Waals surface area contributed by atoms with Crippen molar-refractivity contribution in [2.24, 2.45) is 0 Å². The van der Waals surface area contributed by atoms with Crippen molar-refractivity contribution in [2.45, 2.75) is 14.7 Å². The van der Waals surface area contributed by atoms with E-state index in [4.69, 9.17) is 42.6 Å². The summed E-state index contributed by atoms with van der Waals surface area (Å²) in [6.07, 6.45) is 0. The van der Waals surface area contributed by atoms with Crippen molar-refractivity contribution in [3.8, 4) is 5.75 Å². The molecule has 0 amide bonds. The third kappa shape index (κ3) is 14.1. The number of methoxy groups -OCH3 is 3. The van der Waals surface area contributed by atoms with E-state index in [0.717, 1.165) is 12.1 Å². The minimum atomic E-state index is -4.43. The van der Waals surface area contributed by atoms with Crippen LogP contribution < -0.4 is 14.2 Å². The van der Waals surface area contributed by atoms with Gasteiger partial charge in [0.2, 0.25) is 30.1 Å². The fraction of sp³-hybridized carbons (Fsp3) is 0.568. The highest BCUT2D eigenvalue weighted by Crippen LogP contribution is 2.44. The molecule has 0 radical (unpaired) electrons. The number of benzene rings is 4. The van der Waals surface area contributed by atoms with Crippen LogP contribution in [0.5, 0.6) is 5.75 Å². The second-order valence-corrected chi connectivity index (χ2v) is 17.9. The molecule has 0 unspecified atom stereocenters. The van der Waals surface area contributed by atoms with Gasteiger partial charge in [-0.2, -0.15) is 0 Å². The number of sulfonamides is 3. The van der Waals surface area contributed by atoms with E-state index in [2.05, 4.69) is 14.2 Å². The molecule has 22 heteroatoms. The Morgan fingerprint density at radius 3 is 1.02 bits per heavy atom. The minimum absolute atomic E-state index is 0.0157. The molecule has 4 N–H and O–H groups in total. The molecule has 0 saturated carbocycles. The number of ether oxygens (including phenoxy) is 9. The highest BCUT2D eigenvalue weighted by Gasteiger charge is 2.29. The quantitative estimate of drug-likeness (QED) is 0.0388. The largest absolute Gasteiger partial charge is 0.507 e. The molecule has 0 aliphatic heterocycles. The number of phenolic OH excluding ortho intramolecular Hbond substituents is 1. The van der Waals surface area contributed by atoms with Crippen LogP contribution in [0.4, 0.5) is 0 Å². The lowest BCUT2D eigenvalue weighted by molar-refractivity contribution is 0.0262. The summed E-state index contributed by atoms with van der Waals surface area (Å²) in [4.78, 5) is -1.08. The molecule has 4 rings (SSSR count). The lowest BCUT2D eigenvalue weighted by Crippen LogP contribution is -2.30. The van der Waals surface area contributed by atoms with Crippen molar-refractivity contribution < 1.29 is 73.0 Å². The smallest absolute Gasteiger partial charge is 0.241 e. The van der Waals surface area contributed by atoms with Gasteiger partial charge < -0.3 is 47.7 Å². The number of rotatable bonds is 33. The molecule has 0 atom stereocenters. The Morgan fingerprint density at radius 1 is 0.407 bits per heavy atom. The van der Waals surface area contributed by atoms with E-state index in [-0.39, 0.29) is 126 Å². The maximum absolute atomic E-state index is 14.0. The van der Waals surface area contributed by atoms with Crippen LogP contribution >= 0.6 is 0 Å². The van der Waals surface area contributed by atoms with Crippen LogP contribution in [0, 0.1) is 0 Å². The second-order valence-electron chi connectivity index (χ2n) is 12.7. The number of hydrogen-bond acceptors (Lipinski definition) is 16. The van der Waals surface area contributed by atoms with E-state index in [1.807, 2.05) is 0 Å². The molecule has 0 saturated heterocycles. The fourth-order valence-corrected chi connectivity index (χ4v) is 9.71. The summed E-state index contributed by atoms with van der Waals surface area (Å²) in [5, 5.41) is 12.0. The third-order valence-corrected chi connectivity index (χ3v) is 13.2. The molecule has 0 bridgehead atoms. The highest BCUT2D eigenvalue weighted by molar-refractivity contribution is 7.90. The zero-order valence-corrected chi connectivity index (χ0v) is 35.9. The first-order chi connectivity index (χ1) is 28.4. The van der Waals surface area contributed by atoms with Gasteiger partial charge in [-0.25, -0.2) is 39.4 Å². The normalized spacial score (nSPS) is 12.8. The van der Waals surface area contributed by atoms with Gasteiger partial charge in [0, 0.05) is 79.3 Å². The van der Waals surface area contributed by atoms with Crippen molar-refractivity contribution in [2.75, 3.05) is 140 Å². The summed E-state index contributed by atoms with van der Waals surface area (Å²) < 4.78 is 138. The Bertz CT molecular complexity index is 2150. The molecule has 0 heterocycles. The van der Waals surface area contributed by atoms with E-state index >= 15 is 0 Å². The van der Waals surface area contributed by atoms with Gasteiger partial charge in [-0.15, -0.1) is 0 Å². The fourth-order valence-electron chi connectivity index (χ4n) is 5.92. The van der Waals surface area contributed by atoms with Gasteiger partial charge in [0.05, 0.1) is 114 Å². The van der Waals surface area contributed by atoms with Gasteiger partial charge >= 0.3 is 0 Å². The zero-order chi connectivity index (χ0) is 42.7. The van der Waals surface area contributed by atoms with E-state index in [0.29, 0.717) is 39.6 Å². The van der Waals surface area contributed by atoms with Crippen LogP contribution in [-0.2, 0) is 72.7 Å². The summed E-state index contributed by atoms with van der Waals surface area (Å²) in [5.74, 6) is -0.419. The van der Waals surface area contributed by atoms with Gasteiger partial charge in [-0.1, -0.05) is 18.2 Å². The van der Waals surface area contributed by atoms with E-state index in [1.54, 1.807) is 21.3 Å². The van der Waals surface area contributed by atoms with Crippen molar-refractivity contribution in [3.05, 3.63) is 36.4 Å². The maximum Gasteiger partial charge on any atom is 0.241 e. The Morgan fingerprint density at radius 2 is 0.678 bits per heavy atom. The Hall–Kier alpha value is -2.91. The van der Waals surface area contributed by atoms with Gasteiger partial charge in [0.15, 0.2) is 0 Å². The van der Waals surface area contributed by atoms with Crippen molar-refractivity contribution in [1.29, 1.82) is 0 Å². The van der Waals surface area contributed by atoms with E-state index in [9.17, 15) is 30.4 Å². The first-order valence-electron chi connectivity index (χ1n) is 18.8. The first kappa shape index (κ1) is 48.8. The van der Waals surface area contributed by atoms with Gasteiger partial charge in [-0.05, 0) is 12.1 Å². The lowest BCUT2D eigenvalue weighted by Gasteiger charge is -2.20. The SMILES string of the molecule is COCCOCCOCCNS(=O)(=O)c1cc(O)c2ccc3c(S(=O)(=O)NCCOCCOCCOC)cc(S(=O)(=O)NCCOCCOCCOC)c4ccc1c2c34. The number of hydrogen-bond donors (Lipinski definition) is 4. The average molecular weight is 894 g/mol. The molecular weight excluding hydrogens is 839 g/mol. The average Bonchev–Trinajstić information content (AvgIpc) is 3.21. The topological polar surface area (TPSA) is 242 Å². The predicted molar refractivity (Wildman–Crippen MR) is 218 cm³/mol. The van der Waals surface area contributed by atoms with Crippen molar-refractivity contribution in [3.63, 3.8) is 0 Å². The Labute approximate surface area is 345 Å².